The van der Waals surface area contributed by atoms with Crippen LogP contribution in [-0.2, 0) is 0 Å². The Labute approximate surface area is 111 Å². The van der Waals surface area contributed by atoms with E-state index in [-0.39, 0.29) is 0 Å². The number of nitrogens with zero attached hydrogens (tertiary/aromatic N) is 1. The standard InChI is InChI=1S/C14H11Cl2N/c15-11-14(16)17(12-7-3-1-4-8-12)13-9-5-2-6-10-13/h1-11H/b14-11+. The molecule has 0 unspecified atom stereocenters. The molecule has 0 aliphatic rings. The monoisotopic (exact) mass is 263 g/mol. The van der Waals surface area contributed by atoms with Crippen LogP contribution in [-0.4, -0.2) is 0 Å². The van der Waals surface area contributed by atoms with Gasteiger partial charge in [-0.15, -0.1) is 0 Å². The molecule has 1 nitrogen and oxygen atoms in total. The number of hydrogen-bond acceptors (Lipinski definition) is 1. The van der Waals surface area contributed by atoms with E-state index in [0.717, 1.165) is 11.4 Å². The minimum atomic E-state index is 0.462. The third-order valence-corrected chi connectivity index (χ3v) is 2.93. The lowest BCUT2D eigenvalue weighted by Crippen LogP contribution is -2.12. The summed E-state index contributed by atoms with van der Waals surface area (Å²) in [4.78, 5) is 1.88. The Hall–Kier alpha value is -1.44. The average molecular weight is 264 g/mol. The highest BCUT2D eigenvalue weighted by molar-refractivity contribution is 6.38. The van der Waals surface area contributed by atoms with Crippen molar-refractivity contribution in [3.8, 4) is 0 Å². The predicted octanol–water partition coefficient (Wildman–Crippen LogP) is 5.10. The van der Waals surface area contributed by atoms with Gasteiger partial charge in [0, 0.05) is 16.9 Å². The zero-order chi connectivity index (χ0) is 12.1. The molecule has 0 saturated heterocycles. The first-order chi connectivity index (χ1) is 8.33. The number of rotatable bonds is 3. The maximum absolute atomic E-state index is 6.16. The number of anilines is 2. The van der Waals surface area contributed by atoms with Crippen molar-refractivity contribution >= 4 is 34.6 Å². The lowest BCUT2D eigenvalue weighted by molar-refractivity contribution is 1.26. The van der Waals surface area contributed by atoms with E-state index in [4.69, 9.17) is 23.2 Å². The molecule has 0 amide bonds. The fraction of sp³-hybridized carbons (Fsp3) is 0. The van der Waals surface area contributed by atoms with Crippen molar-refractivity contribution < 1.29 is 0 Å². The van der Waals surface area contributed by atoms with Crippen LogP contribution in [0.1, 0.15) is 0 Å². The molecule has 0 spiro atoms. The molecule has 3 heteroatoms. The van der Waals surface area contributed by atoms with Crippen molar-refractivity contribution in [3.05, 3.63) is 71.4 Å². The van der Waals surface area contributed by atoms with E-state index in [2.05, 4.69) is 0 Å². The van der Waals surface area contributed by atoms with Gasteiger partial charge in [-0.2, -0.15) is 0 Å². The molecule has 0 radical (unpaired) electrons. The third kappa shape index (κ3) is 2.82. The summed E-state index contributed by atoms with van der Waals surface area (Å²) < 4.78 is 0. The van der Waals surface area contributed by atoms with Crippen LogP contribution in [0.2, 0.25) is 0 Å². The van der Waals surface area contributed by atoms with Gasteiger partial charge in [0.05, 0.1) is 0 Å². The molecule has 0 fully saturated rings. The summed E-state index contributed by atoms with van der Waals surface area (Å²) >= 11 is 11.9. The van der Waals surface area contributed by atoms with E-state index in [1.54, 1.807) is 0 Å². The van der Waals surface area contributed by atoms with Crippen molar-refractivity contribution in [2.24, 2.45) is 0 Å². The molecule has 0 atom stereocenters. The predicted molar refractivity (Wildman–Crippen MR) is 74.8 cm³/mol. The molecular weight excluding hydrogens is 253 g/mol. The molecule has 0 heterocycles. The van der Waals surface area contributed by atoms with Crippen molar-refractivity contribution in [1.82, 2.24) is 0 Å². The second-order valence-electron chi connectivity index (χ2n) is 3.44. The first-order valence-corrected chi connectivity index (χ1v) is 6.00. The van der Waals surface area contributed by atoms with E-state index < -0.39 is 0 Å². The van der Waals surface area contributed by atoms with Gasteiger partial charge < -0.3 is 4.90 Å². The Balaban J connectivity index is 2.47. The first kappa shape index (κ1) is 12.0. The Morgan fingerprint density at radius 1 is 0.824 bits per heavy atom. The lowest BCUT2D eigenvalue weighted by atomic mass is 10.2. The van der Waals surface area contributed by atoms with Crippen molar-refractivity contribution in [2.75, 3.05) is 4.90 Å². The molecule has 2 aromatic carbocycles. The van der Waals surface area contributed by atoms with Crippen LogP contribution < -0.4 is 4.90 Å². The summed E-state index contributed by atoms with van der Waals surface area (Å²) in [6.07, 6.45) is 0. The molecule has 86 valence electrons. The summed E-state index contributed by atoms with van der Waals surface area (Å²) in [7, 11) is 0. The van der Waals surface area contributed by atoms with Crippen LogP contribution in [0.15, 0.2) is 71.4 Å². The highest BCUT2D eigenvalue weighted by Crippen LogP contribution is 2.31. The van der Waals surface area contributed by atoms with Gasteiger partial charge in [0.2, 0.25) is 0 Å². The van der Waals surface area contributed by atoms with Gasteiger partial charge >= 0.3 is 0 Å². The molecule has 0 aliphatic carbocycles. The topological polar surface area (TPSA) is 3.24 Å². The Kier molecular flexibility index (Phi) is 4.08. The molecule has 0 aromatic heterocycles. The van der Waals surface area contributed by atoms with Gasteiger partial charge in [0.15, 0.2) is 0 Å². The molecule has 17 heavy (non-hydrogen) atoms. The maximum Gasteiger partial charge on any atom is 0.125 e. The minimum Gasteiger partial charge on any atom is -0.300 e. The van der Waals surface area contributed by atoms with Crippen molar-refractivity contribution in [2.45, 2.75) is 0 Å². The fourth-order valence-corrected chi connectivity index (χ4v) is 1.89. The fourth-order valence-electron chi connectivity index (χ4n) is 1.60. The molecule has 2 rings (SSSR count). The number of halogens is 2. The second-order valence-corrected chi connectivity index (χ2v) is 4.04. The Morgan fingerprint density at radius 2 is 1.24 bits per heavy atom. The van der Waals surface area contributed by atoms with Crippen LogP contribution in [0.25, 0.3) is 0 Å². The summed E-state index contributed by atoms with van der Waals surface area (Å²) in [6.45, 7) is 0. The zero-order valence-electron chi connectivity index (χ0n) is 9.05. The third-order valence-electron chi connectivity index (χ3n) is 2.33. The summed E-state index contributed by atoms with van der Waals surface area (Å²) in [5.74, 6) is 0. The van der Waals surface area contributed by atoms with Gasteiger partial charge in [-0.05, 0) is 24.3 Å². The van der Waals surface area contributed by atoms with Crippen molar-refractivity contribution in [3.63, 3.8) is 0 Å². The van der Waals surface area contributed by atoms with Crippen LogP contribution in [0.5, 0.6) is 0 Å². The highest BCUT2D eigenvalue weighted by atomic mass is 35.5. The normalized spacial score (nSPS) is 11.3. The van der Waals surface area contributed by atoms with E-state index in [9.17, 15) is 0 Å². The quantitative estimate of drug-likeness (QED) is 0.697. The van der Waals surface area contributed by atoms with Crippen molar-refractivity contribution in [1.29, 1.82) is 0 Å². The SMILES string of the molecule is Cl/C=C(\Cl)N(c1ccccc1)c1ccccc1. The lowest BCUT2D eigenvalue weighted by Gasteiger charge is -2.23. The number of para-hydroxylation sites is 2. The molecule has 2 aromatic rings. The van der Waals surface area contributed by atoms with Crippen LogP contribution in [0, 0.1) is 0 Å². The molecular formula is C14H11Cl2N. The van der Waals surface area contributed by atoms with E-state index in [1.165, 1.54) is 5.54 Å². The van der Waals surface area contributed by atoms with Gasteiger partial charge in [-0.1, -0.05) is 59.6 Å². The van der Waals surface area contributed by atoms with Crippen LogP contribution in [0.3, 0.4) is 0 Å². The smallest absolute Gasteiger partial charge is 0.125 e. The van der Waals surface area contributed by atoms with Gasteiger partial charge in [-0.25, -0.2) is 0 Å². The second kappa shape index (κ2) is 5.76. The summed E-state index contributed by atoms with van der Waals surface area (Å²) in [5, 5.41) is 0.462. The van der Waals surface area contributed by atoms with Gasteiger partial charge in [0.1, 0.15) is 5.16 Å². The highest BCUT2D eigenvalue weighted by Gasteiger charge is 2.11. The van der Waals surface area contributed by atoms with Crippen LogP contribution in [0.4, 0.5) is 11.4 Å². The number of benzene rings is 2. The molecule has 0 saturated carbocycles. The largest absolute Gasteiger partial charge is 0.300 e. The zero-order valence-corrected chi connectivity index (χ0v) is 10.6. The summed E-state index contributed by atoms with van der Waals surface area (Å²) in [6, 6.07) is 19.7. The summed E-state index contributed by atoms with van der Waals surface area (Å²) in [5.41, 5.74) is 3.31. The minimum absolute atomic E-state index is 0.462. The van der Waals surface area contributed by atoms with Crippen LogP contribution >= 0.6 is 23.2 Å². The molecule has 0 N–H and O–H groups in total. The Bertz CT molecular complexity index is 455. The van der Waals surface area contributed by atoms with E-state index in [0.29, 0.717) is 5.16 Å². The van der Waals surface area contributed by atoms with Gasteiger partial charge in [0.25, 0.3) is 0 Å². The van der Waals surface area contributed by atoms with E-state index >= 15 is 0 Å². The molecule has 0 bridgehead atoms. The first-order valence-electron chi connectivity index (χ1n) is 5.19. The average Bonchev–Trinajstić information content (AvgIpc) is 2.41. The number of hydrogen-bond donors (Lipinski definition) is 0. The Morgan fingerprint density at radius 3 is 1.59 bits per heavy atom. The maximum atomic E-state index is 6.16. The molecule has 0 aliphatic heterocycles. The van der Waals surface area contributed by atoms with E-state index in [1.807, 2.05) is 65.6 Å². The van der Waals surface area contributed by atoms with Gasteiger partial charge in [-0.3, -0.25) is 0 Å².